The maximum Gasteiger partial charge on any atom is 0.226 e. The molecular weight excluding hydrogens is 210 g/mol. The van der Waals surface area contributed by atoms with Crippen LogP contribution in [0.15, 0.2) is 30.3 Å². The molecule has 1 aromatic rings. The third kappa shape index (κ3) is 5.03. The number of rotatable bonds is 7. The number of anilines is 1. The number of hydrogen-bond donors (Lipinski definition) is 0. The van der Waals surface area contributed by atoms with Crippen molar-refractivity contribution >= 4 is 11.6 Å². The van der Waals surface area contributed by atoms with Gasteiger partial charge in [-0.25, -0.2) is 0 Å². The van der Waals surface area contributed by atoms with Gasteiger partial charge in [-0.2, -0.15) is 0 Å². The first-order valence-electron chi connectivity index (χ1n) is 6.57. The lowest BCUT2D eigenvalue weighted by Gasteiger charge is -2.17. The lowest BCUT2D eigenvalue weighted by molar-refractivity contribution is -0.118. The molecule has 1 aromatic carbocycles. The van der Waals surface area contributed by atoms with E-state index in [2.05, 4.69) is 6.92 Å². The standard InChI is InChI=1S/C15H23NO/c1-3-4-5-6-10-13-15(17)16(2)14-11-8-7-9-12-14/h7-9,11-12H,3-6,10,13H2,1-2H3. The molecule has 0 aliphatic rings. The van der Waals surface area contributed by atoms with Gasteiger partial charge in [-0.05, 0) is 18.6 Å². The van der Waals surface area contributed by atoms with Crippen molar-refractivity contribution in [2.75, 3.05) is 11.9 Å². The summed E-state index contributed by atoms with van der Waals surface area (Å²) in [6, 6.07) is 9.82. The molecule has 0 aromatic heterocycles. The Hall–Kier alpha value is -1.31. The highest BCUT2D eigenvalue weighted by Crippen LogP contribution is 2.13. The molecule has 0 saturated heterocycles. The molecule has 0 aliphatic heterocycles. The van der Waals surface area contributed by atoms with Crippen molar-refractivity contribution in [3.63, 3.8) is 0 Å². The van der Waals surface area contributed by atoms with E-state index in [0.717, 1.165) is 12.1 Å². The van der Waals surface area contributed by atoms with Crippen LogP contribution >= 0.6 is 0 Å². The average Bonchev–Trinajstić information content (AvgIpc) is 2.38. The van der Waals surface area contributed by atoms with Crippen LogP contribution in [0.3, 0.4) is 0 Å². The number of carbonyl (C=O) groups is 1. The molecule has 0 N–H and O–H groups in total. The van der Waals surface area contributed by atoms with E-state index in [1.807, 2.05) is 37.4 Å². The zero-order chi connectivity index (χ0) is 12.5. The maximum atomic E-state index is 11.9. The quantitative estimate of drug-likeness (QED) is 0.652. The van der Waals surface area contributed by atoms with Crippen LogP contribution in [-0.4, -0.2) is 13.0 Å². The van der Waals surface area contributed by atoms with Gasteiger partial charge in [0.15, 0.2) is 0 Å². The van der Waals surface area contributed by atoms with E-state index in [4.69, 9.17) is 0 Å². The molecule has 0 spiro atoms. The Labute approximate surface area is 105 Å². The SMILES string of the molecule is CCCCCCCC(=O)N(C)c1ccccc1. The Balaban J connectivity index is 2.28. The van der Waals surface area contributed by atoms with Crippen molar-refractivity contribution < 1.29 is 4.79 Å². The number of nitrogens with zero attached hydrogens (tertiary/aromatic N) is 1. The molecule has 0 aliphatic carbocycles. The van der Waals surface area contributed by atoms with Gasteiger partial charge in [-0.3, -0.25) is 4.79 Å². The fraction of sp³-hybridized carbons (Fsp3) is 0.533. The fourth-order valence-corrected chi connectivity index (χ4v) is 1.84. The van der Waals surface area contributed by atoms with Crippen molar-refractivity contribution in [1.29, 1.82) is 0 Å². The second-order valence-corrected chi connectivity index (χ2v) is 4.45. The first-order chi connectivity index (χ1) is 8.25. The molecule has 2 nitrogen and oxygen atoms in total. The molecule has 0 atom stereocenters. The third-order valence-electron chi connectivity index (χ3n) is 3.01. The van der Waals surface area contributed by atoms with Crippen LogP contribution in [0.25, 0.3) is 0 Å². The summed E-state index contributed by atoms with van der Waals surface area (Å²) in [6.07, 6.45) is 6.62. The summed E-state index contributed by atoms with van der Waals surface area (Å²) in [4.78, 5) is 13.7. The molecule has 94 valence electrons. The fourth-order valence-electron chi connectivity index (χ4n) is 1.84. The van der Waals surface area contributed by atoms with Gasteiger partial charge in [-0.1, -0.05) is 50.8 Å². The molecule has 0 fully saturated rings. The number of unbranched alkanes of at least 4 members (excludes halogenated alkanes) is 4. The normalized spacial score (nSPS) is 10.2. The minimum Gasteiger partial charge on any atom is -0.316 e. The maximum absolute atomic E-state index is 11.9. The molecule has 1 rings (SSSR count). The molecule has 0 saturated carbocycles. The van der Waals surface area contributed by atoms with Crippen LogP contribution in [0.4, 0.5) is 5.69 Å². The van der Waals surface area contributed by atoms with Crippen molar-refractivity contribution in [1.82, 2.24) is 0 Å². The van der Waals surface area contributed by atoms with Gasteiger partial charge >= 0.3 is 0 Å². The molecule has 0 bridgehead atoms. The Bertz CT molecular complexity index is 321. The highest BCUT2D eigenvalue weighted by molar-refractivity contribution is 5.92. The largest absolute Gasteiger partial charge is 0.316 e. The Morgan fingerprint density at radius 3 is 2.35 bits per heavy atom. The highest BCUT2D eigenvalue weighted by atomic mass is 16.2. The first-order valence-corrected chi connectivity index (χ1v) is 6.57. The highest BCUT2D eigenvalue weighted by Gasteiger charge is 2.09. The van der Waals surface area contributed by atoms with Crippen molar-refractivity contribution in [3.05, 3.63) is 30.3 Å². The van der Waals surface area contributed by atoms with Crippen LogP contribution in [0.5, 0.6) is 0 Å². The monoisotopic (exact) mass is 233 g/mol. The lowest BCUT2D eigenvalue weighted by atomic mass is 10.1. The lowest BCUT2D eigenvalue weighted by Crippen LogP contribution is -2.25. The Morgan fingerprint density at radius 1 is 1.06 bits per heavy atom. The van der Waals surface area contributed by atoms with Gasteiger partial charge in [-0.15, -0.1) is 0 Å². The molecule has 0 unspecified atom stereocenters. The zero-order valence-electron chi connectivity index (χ0n) is 11.0. The Morgan fingerprint density at radius 2 is 1.71 bits per heavy atom. The van der Waals surface area contributed by atoms with Gasteiger partial charge in [0.05, 0.1) is 0 Å². The molecule has 0 radical (unpaired) electrons. The van der Waals surface area contributed by atoms with E-state index in [9.17, 15) is 4.79 Å². The first kappa shape index (κ1) is 13.8. The van der Waals surface area contributed by atoms with E-state index >= 15 is 0 Å². The van der Waals surface area contributed by atoms with Gasteiger partial charge in [0.25, 0.3) is 0 Å². The zero-order valence-corrected chi connectivity index (χ0v) is 11.0. The molecule has 1 amide bonds. The second kappa shape index (κ2) is 7.88. The summed E-state index contributed by atoms with van der Waals surface area (Å²) in [5.74, 6) is 0.215. The summed E-state index contributed by atoms with van der Waals surface area (Å²) in [7, 11) is 1.85. The summed E-state index contributed by atoms with van der Waals surface area (Å²) in [6.45, 7) is 2.20. The molecule has 2 heteroatoms. The van der Waals surface area contributed by atoms with Crippen LogP contribution in [-0.2, 0) is 4.79 Å². The topological polar surface area (TPSA) is 20.3 Å². The third-order valence-corrected chi connectivity index (χ3v) is 3.01. The van der Waals surface area contributed by atoms with E-state index in [1.165, 1.54) is 25.7 Å². The van der Waals surface area contributed by atoms with E-state index < -0.39 is 0 Å². The van der Waals surface area contributed by atoms with Crippen molar-refractivity contribution in [2.45, 2.75) is 45.4 Å². The van der Waals surface area contributed by atoms with Gasteiger partial charge in [0.1, 0.15) is 0 Å². The summed E-state index contributed by atoms with van der Waals surface area (Å²) in [5.41, 5.74) is 0.978. The minimum absolute atomic E-state index is 0.215. The molecule has 17 heavy (non-hydrogen) atoms. The summed E-state index contributed by atoms with van der Waals surface area (Å²) in [5, 5.41) is 0. The average molecular weight is 233 g/mol. The smallest absolute Gasteiger partial charge is 0.226 e. The van der Waals surface area contributed by atoms with E-state index in [1.54, 1.807) is 4.90 Å². The predicted octanol–water partition coefficient (Wildman–Crippen LogP) is 4.01. The van der Waals surface area contributed by atoms with E-state index in [-0.39, 0.29) is 5.91 Å². The molecular formula is C15H23NO. The molecule has 0 heterocycles. The van der Waals surface area contributed by atoms with Crippen molar-refractivity contribution in [3.8, 4) is 0 Å². The van der Waals surface area contributed by atoms with Crippen LogP contribution in [0.2, 0.25) is 0 Å². The number of para-hydroxylation sites is 1. The summed E-state index contributed by atoms with van der Waals surface area (Å²) >= 11 is 0. The van der Waals surface area contributed by atoms with Crippen LogP contribution in [0.1, 0.15) is 45.4 Å². The summed E-state index contributed by atoms with van der Waals surface area (Å²) < 4.78 is 0. The number of carbonyl (C=O) groups excluding carboxylic acids is 1. The van der Waals surface area contributed by atoms with Gasteiger partial charge in [0.2, 0.25) is 5.91 Å². The van der Waals surface area contributed by atoms with Crippen LogP contribution in [0, 0.1) is 0 Å². The van der Waals surface area contributed by atoms with Gasteiger partial charge in [0, 0.05) is 19.2 Å². The van der Waals surface area contributed by atoms with E-state index in [0.29, 0.717) is 6.42 Å². The number of amides is 1. The number of benzene rings is 1. The number of hydrogen-bond acceptors (Lipinski definition) is 1. The predicted molar refractivity (Wildman–Crippen MR) is 73.2 cm³/mol. The van der Waals surface area contributed by atoms with Crippen LogP contribution < -0.4 is 4.90 Å². The van der Waals surface area contributed by atoms with Gasteiger partial charge < -0.3 is 4.90 Å². The minimum atomic E-state index is 0.215. The second-order valence-electron chi connectivity index (χ2n) is 4.45. The Kier molecular flexibility index (Phi) is 6.38. The van der Waals surface area contributed by atoms with Crippen molar-refractivity contribution in [2.24, 2.45) is 0 Å².